The molecule has 0 spiro atoms. The average molecular weight is 159 g/mol. The first-order chi connectivity index (χ1) is 4.54. The summed E-state index contributed by atoms with van der Waals surface area (Å²) in [7, 11) is 0. The monoisotopic (exact) mass is 159 g/mol. The molecule has 0 saturated heterocycles. The van der Waals surface area contributed by atoms with Crippen molar-refractivity contribution in [3.63, 3.8) is 0 Å². The van der Waals surface area contributed by atoms with Crippen LogP contribution in [0, 0.1) is 0 Å². The van der Waals surface area contributed by atoms with Gasteiger partial charge in [0.15, 0.2) is 0 Å². The van der Waals surface area contributed by atoms with Crippen LogP contribution in [0.25, 0.3) is 0 Å². The summed E-state index contributed by atoms with van der Waals surface area (Å²) in [5, 5.41) is 19.6. The molecule has 0 aliphatic heterocycles. The van der Waals surface area contributed by atoms with Crippen LogP contribution in [0.3, 0.4) is 0 Å². The molecule has 0 bridgehead atoms. The van der Waals surface area contributed by atoms with Gasteiger partial charge in [-0.1, -0.05) is 0 Å². The zero-order chi connectivity index (χ0) is 8.15. The Morgan fingerprint density at radius 2 is 1.67 bits per heavy atom. The number of hydrogen-bond donors (Lipinski definition) is 1. The maximum Gasteiger partial charge on any atom is 1.00 e. The first kappa shape index (κ1) is 18.0. The van der Waals surface area contributed by atoms with Crippen LogP contribution < -0.4 is 53.7 Å². The van der Waals surface area contributed by atoms with Gasteiger partial charge in [0.05, 0.1) is 5.97 Å². The average Bonchev–Trinajstić information content (AvgIpc) is 1.82. The fourth-order valence-electron chi connectivity index (χ4n) is 0.391. The molecule has 0 rings (SSSR count). The Balaban J connectivity index is -0.000000405. The molecule has 0 aromatic heterocycles. The summed E-state index contributed by atoms with van der Waals surface area (Å²) >= 11 is 0. The van der Waals surface area contributed by atoms with Crippen molar-refractivity contribution in [1.82, 2.24) is 0 Å². The van der Waals surface area contributed by atoms with Crippen molar-refractivity contribution in [2.24, 2.45) is 5.73 Å². The van der Waals surface area contributed by atoms with E-state index in [1.165, 1.54) is 0 Å². The molecule has 0 aromatic carbocycles. The molecule has 7 heteroatoms. The van der Waals surface area contributed by atoms with Gasteiger partial charge in [0.25, 0.3) is 0 Å². The van der Waals surface area contributed by atoms with E-state index < -0.39 is 18.0 Å². The van der Waals surface area contributed by atoms with Gasteiger partial charge in [-0.3, -0.25) is 0 Å². The van der Waals surface area contributed by atoms with Gasteiger partial charge in [-0.2, -0.15) is 0 Å². The second-order valence-corrected chi connectivity index (χ2v) is 1.84. The number of hydrogen-bond acceptors (Lipinski definition) is 5. The third-order valence-corrected chi connectivity index (χ3v) is 0.962. The SMILES string of the molecule is N[C@@H](CCC(=O)[O-])C(=O)[O-].[Li+].[Li+]. The van der Waals surface area contributed by atoms with E-state index >= 15 is 0 Å². The summed E-state index contributed by atoms with van der Waals surface area (Å²) in [6.45, 7) is 0. The quantitative estimate of drug-likeness (QED) is 0.410. The number of carboxylic acid groups (broad SMARTS) is 2. The molecule has 1 atom stereocenters. The molecule has 0 unspecified atom stereocenters. The Morgan fingerprint density at radius 1 is 1.25 bits per heavy atom. The zero-order valence-electron chi connectivity index (χ0n) is 7.20. The molecular formula is C5H7Li2NO4. The van der Waals surface area contributed by atoms with Crippen LogP contribution in [0.1, 0.15) is 12.8 Å². The standard InChI is InChI=1S/C5H9NO4.2Li/c6-3(5(9)10)1-2-4(7)8;;/h3H,1-2,6H2,(H,7,8)(H,9,10);;/q;2*+1/p-2/t3-;;/m0../s1. The van der Waals surface area contributed by atoms with E-state index in [1.54, 1.807) is 0 Å². The predicted molar refractivity (Wildman–Crippen MR) is 27.2 cm³/mol. The summed E-state index contributed by atoms with van der Waals surface area (Å²) < 4.78 is 0. The van der Waals surface area contributed by atoms with Gasteiger partial charge in [-0.15, -0.1) is 0 Å². The van der Waals surface area contributed by atoms with Crippen molar-refractivity contribution in [1.29, 1.82) is 0 Å². The molecule has 12 heavy (non-hydrogen) atoms. The van der Waals surface area contributed by atoms with Crippen molar-refractivity contribution < 1.29 is 57.5 Å². The maximum absolute atomic E-state index is 9.86. The van der Waals surface area contributed by atoms with Crippen LogP contribution in [0.2, 0.25) is 0 Å². The fourth-order valence-corrected chi connectivity index (χ4v) is 0.391. The van der Waals surface area contributed by atoms with E-state index in [9.17, 15) is 19.8 Å². The van der Waals surface area contributed by atoms with Crippen LogP contribution in [0.4, 0.5) is 0 Å². The van der Waals surface area contributed by atoms with Gasteiger partial charge in [-0.05, 0) is 12.8 Å². The number of carbonyl (C=O) groups is 2. The Hall–Kier alpha value is 0.0948. The maximum atomic E-state index is 9.86. The van der Waals surface area contributed by atoms with E-state index in [1.807, 2.05) is 0 Å². The van der Waals surface area contributed by atoms with Crippen LogP contribution in [0.15, 0.2) is 0 Å². The van der Waals surface area contributed by atoms with Gasteiger partial charge < -0.3 is 25.5 Å². The minimum Gasteiger partial charge on any atom is -0.550 e. The van der Waals surface area contributed by atoms with E-state index in [0.29, 0.717) is 0 Å². The minimum absolute atomic E-state index is 0. The van der Waals surface area contributed by atoms with Gasteiger partial charge in [0, 0.05) is 12.0 Å². The van der Waals surface area contributed by atoms with Gasteiger partial charge in [-0.25, -0.2) is 0 Å². The largest absolute Gasteiger partial charge is 1.00 e. The molecule has 0 fully saturated rings. The number of aliphatic carboxylic acids is 2. The first-order valence-electron chi connectivity index (χ1n) is 2.70. The molecule has 0 heterocycles. The topological polar surface area (TPSA) is 106 Å². The summed E-state index contributed by atoms with van der Waals surface area (Å²) in [5.74, 6) is -2.75. The molecule has 0 amide bonds. The number of rotatable bonds is 4. The predicted octanol–water partition coefficient (Wildman–Crippen LogP) is -9.40. The summed E-state index contributed by atoms with van der Waals surface area (Å²) in [6, 6.07) is -1.21. The van der Waals surface area contributed by atoms with E-state index in [4.69, 9.17) is 5.73 Å². The molecule has 0 aliphatic rings. The zero-order valence-corrected chi connectivity index (χ0v) is 7.20. The van der Waals surface area contributed by atoms with Crippen LogP contribution >= 0.6 is 0 Å². The second-order valence-electron chi connectivity index (χ2n) is 1.84. The smallest absolute Gasteiger partial charge is 0.550 e. The Morgan fingerprint density at radius 3 is 1.92 bits per heavy atom. The molecule has 0 saturated carbocycles. The summed E-state index contributed by atoms with van der Waals surface area (Å²) in [6.07, 6.45) is -0.500. The van der Waals surface area contributed by atoms with Crippen molar-refractivity contribution >= 4 is 11.9 Å². The minimum atomic E-state index is -1.44. The summed E-state index contributed by atoms with van der Waals surface area (Å²) in [4.78, 5) is 19.6. The van der Waals surface area contributed by atoms with Crippen molar-refractivity contribution in [2.45, 2.75) is 18.9 Å². The second kappa shape index (κ2) is 9.18. The molecule has 0 aliphatic carbocycles. The molecule has 5 nitrogen and oxygen atoms in total. The van der Waals surface area contributed by atoms with Crippen molar-refractivity contribution in [3.05, 3.63) is 0 Å². The van der Waals surface area contributed by atoms with Crippen LogP contribution in [-0.4, -0.2) is 18.0 Å². The third kappa shape index (κ3) is 10.1. The fraction of sp³-hybridized carbons (Fsp3) is 0.600. The van der Waals surface area contributed by atoms with Gasteiger partial charge in [0.1, 0.15) is 0 Å². The molecule has 58 valence electrons. The third-order valence-electron chi connectivity index (χ3n) is 0.962. The Kier molecular flexibility index (Phi) is 13.8. The molecule has 0 radical (unpaired) electrons. The molecule has 0 aromatic rings. The normalized spacial score (nSPS) is 10.4. The van der Waals surface area contributed by atoms with Gasteiger partial charge in [0.2, 0.25) is 0 Å². The van der Waals surface area contributed by atoms with Gasteiger partial charge >= 0.3 is 37.7 Å². The number of carbonyl (C=O) groups excluding carboxylic acids is 2. The van der Waals surface area contributed by atoms with E-state index in [0.717, 1.165) is 0 Å². The summed E-state index contributed by atoms with van der Waals surface area (Å²) in [5.41, 5.74) is 4.91. The van der Waals surface area contributed by atoms with E-state index in [-0.39, 0.29) is 50.6 Å². The Labute approximate surface area is 94.0 Å². The Bertz CT molecular complexity index is 152. The van der Waals surface area contributed by atoms with Crippen LogP contribution in [0.5, 0.6) is 0 Å². The molecule has 2 N–H and O–H groups in total. The van der Waals surface area contributed by atoms with Crippen molar-refractivity contribution in [3.8, 4) is 0 Å². The first-order valence-corrected chi connectivity index (χ1v) is 2.70. The van der Waals surface area contributed by atoms with Crippen LogP contribution in [-0.2, 0) is 9.59 Å². The molecular weight excluding hydrogens is 152 g/mol. The number of carboxylic acids is 2. The van der Waals surface area contributed by atoms with Crippen molar-refractivity contribution in [2.75, 3.05) is 0 Å². The van der Waals surface area contributed by atoms with E-state index in [2.05, 4.69) is 0 Å². The number of nitrogens with two attached hydrogens (primary N) is 1.